The van der Waals surface area contributed by atoms with E-state index in [1.807, 2.05) is 0 Å². The first-order valence-electron chi connectivity index (χ1n) is 17.6. The third-order valence-electron chi connectivity index (χ3n) is 11.2. The van der Waals surface area contributed by atoms with Crippen LogP contribution in [0.3, 0.4) is 0 Å². The van der Waals surface area contributed by atoms with Gasteiger partial charge in [0.05, 0.1) is 16.2 Å². The summed E-state index contributed by atoms with van der Waals surface area (Å²) < 4.78 is 170. The van der Waals surface area contributed by atoms with Gasteiger partial charge in [-0.25, -0.2) is 0 Å². The summed E-state index contributed by atoms with van der Waals surface area (Å²) in [4.78, 5) is 24.5. The smallest absolute Gasteiger partial charge is 0.421 e. The number of halogens is 12. The molecule has 1 fully saturated rings. The Morgan fingerprint density at radius 2 is 0.946 bits per heavy atom. The Balaban J connectivity index is 0.000000560. The maximum Gasteiger partial charge on any atom is 0.421 e. The second-order valence-corrected chi connectivity index (χ2v) is 16.7. The summed E-state index contributed by atoms with van der Waals surface area (Å²) in [6.07, 6.45) is -22.4. The van der Waals surface area contributed by atoms with Crippen LogP contribution in [-0.4, -0.2) is 69.3 Å². The highest BCUT2D eigenvalue weighted by Gasteiger charge is 2.62. The lowest BCUT2D eigenvalue weighted by molar-refractivity contribution is -0.299. The molecule has 3 N–H and O–H groups in total. The molecule has 19 heteroatoms. The molecular weight excluding hydrogens is 784 g/mol. The van der Waals surface area contributed by atoms with Crippen LogP contribution in [-0.2, 0) is 25.3 Å². The molecule has 1 saturated carbocycles. The fourth-order valence-corrected chi connectivity index (χ4v) is 5.22. The van der Waals surface area contributed by atoms with Crippen LogP contribution in [0.15, 0.2) is 18.2 Å². The molecule has 1 aromatic carbocycles. The lowest BCUT2D eigenvalue weighted by atomic mass is 9.67. The molecule has 0 aromatic heterocycles. The SMILES string of the molecule is CCC(C)(C)C(=O)OC1CC(C(C)(O)C(F)(F)F)CC(C(C)(O)C(F)(F)F)C1.CCC(C)(C)C(=O)Oc1cc(C(C)(C)C(F)(F)F)cc(C(C)(O)C(F)(F)F)c1. The minimum absolute atomic E-state index is 0.340. The summed E-state index contributed by atoms with van der Waals surface area (Å²) in [7, 11) is 0. The van der Waals surface area contributed by atoms with E-state index in [0.717, 1.165) is 26.0 Å². The Hall–Kier alpha value is -2.80. The maximum absolute atomic E-state index is 13.4. The van der Waals surface area contributed by atoms with Gasteiger partial charge in [0.1, 0.15) is 11.9 Å². The van der Waals surface area contributed by atoms with Crippen LogP contribution in [0, 0.1) is 22.7 Å². The first-order chi connectivity index (χ1) is 24.5. The Bertz CT molecular complexity index is 1440. The number of hydrogen-bond acceptors (Lipinski definition) is 7. The zero-order valence-electron chi connectivity index (χ0n) is 33.0. The van der Waals surface area contributed by atoms with Crippen LogP contribution >= 0.6 is 0 Å². The van der Waals surface area contributed by atoms with Crippen molar-refractivity contribution in [2.45, 2.75) is 161 Å². The van der Waals surface area contributed by atoms with Gasteiger partial charge < -0.3 is 24.8 Å². The molecule has 56 heavy (non-hydrogen) atoms. The highest BCUT2D eigenvalue weighted by Crippen LogP contribution is 2.51. The van der Waals surface area contributed by atoms with Crippen molar-refractivity contribution < 1.29 is 87.1 Å². The van der Waals surface area contributed by atoms with Crippen LogP contribution in [0.1, 0.15) is 119 Å². The van der Waals surface area contributed by atoms with Crippen molar-refractivity contribution in [1.29, 1.82) is 0 Å². The van der Waals surface area contributed by atoms with Gasteiger partial charge in [0.2, 0.25) is 0 Å². The van der Waals surface area contributed by atoms with E-state index in [1.165, 1.54) is 13.8 Å². The number of ether oxygens (including phenoxy) is 2. The number of alkyl halides is 12. The number of esters is 2. The van der Waals surface area contributed by atoms with Gasteiger partial charge in [-0.1, -0.05) is 19.9 Å². The van der Waals surface area contributed by atoms with E-state index in [1.54, 1.807) is 27.7 Å². The maximum atomic E-state index is 13.4. The predicted molar refractivity (Wildman–Crippen MR) is 179 cm³/mol. The van der Waals surface area contributed by atoms with Gasteiger partial charge in [0, 0.05) is 11.8 Å². The van der Waals surface area contributed by atoms with Gasteiger partial charge in [-0.2, -0.15) is 52.7 Å². The zero-order valence-corrected chi connectivity index (χ0v) is 33.0. The molecule has 0 heterocycles. The van der Waals surface area contributed by atoms with Crippen molar-refractivity contribution in [1.82, 2.24) is 0 Å². The number of aliphatic hydroxyl groups is 3. The molecule has 0 amide bonds. The molecule has 1 aromatic rings. The molecule has 2 rings (SSSR count). The highest BCUT2D eigenvalue weighted by atomic mass is 19.4. The van der Waals surface area contributed by atoms with E-state index in [9.17, 15) is 77.6 Å². The Morgan fingerprint density at radius 1 is 0.571 bits per heavy atom. The molecule has 5 unspecified atom stereocenters. The topological polar surface area (TPSA) is 113 Å². The summed E-state index contributed by atoms with van der Waals surface area (Å²) in [6.45, 7) is 12.5. The molecule has 1 aliphatic carbocycles. The number of benzene rings is 1. The van der Waals surface area contributed by atoms with Crippen LogP contribution < -0.4 is 4.74 Å². The molecule has 1 aliphatic rings. The summed E-state index contributed by atoms with van der Waals surface area (Å²) in [6, 6.07) is 2.23. The van der Waals surface area contributed by atoms with Gasteiger partial charge in [0.15, 0.2) is 16.8 Å². The number of carbonyl (C=O) groups excluding carboxylic acids is 2. The molecule has 7 nitrogen and oxygen atoms in total. The van der Waals surface area contributed by atoms with Gasteiger partial charge in [0.25, 0.3) is 0 Å². The molecule has 0 bridgehead atoms. The van der Waals surface area contributed by atoms with E-state index in [0.29, 0.717) is 39.7 Å². The lowest BCUT2D eigenvalue weighted by Gasteiger charge is -2.46. The Kier molecular flexibility index (Phi) is 15.0. The molecule has 0 radical (unpaired) electrons. The molecule has 0 aliphatic heterocycles. The van der Waals surface area contributed by atoms with E-state index in [4.69, 9.17) is 9.47 Å². The first-order valence-corrected chi connectivity index (χ1v) is 17.6. The van der Waals surface area contributed by atoms with Gasteiger partial charge in [-0.15, -0.1) is 0 Å². The second kappa shape index (κ2) is 16.5. The van der Waals surface area contributed by atoms with Crippen molar-refractivity contribution in [3.05, 3.63) is 29.3 Å². The molecule has 0 spiro atoms. The summed E-state index contributed by atoms with van der Waals surface area (Å²) in [5.74, 6) is -5.42. The quantitative estimate of drug-likeness (QED) is 0.122. The third kappa shape index (κ3) is 11.2. The molecule has 5 atom stereocenters. The minimum Gasteiger partial charge on any atom is -0.462 e. The van der Waals surface area contributed by atoms with Crippen LogP contribution in [0.4, 0.5) is 52.7 Å². The standard InChI is InChI=1S/C19H24F6O3.C18H28F6O4/c1-7-15(2,3)14(26)28-13-9-11(16(4,5)18(20,21)22)8-12(10-13)17(6,27)19(23,24)25;1-6-14(2,3)13(25)28-12-8-10(15(4,26)17(19,20)21)7-11(9-12)16(5,27)18(22,23)24/h8-10,27H,7H2,1-6H3;10-12,26-27H,6-9H2,1-5H3. The van der Waals surface area contributed by atoms with Gasteiger partial charge in [-0.3, -0.25) is 9.59 Å². The van der Waals surface area contributed by atoms with E-state index in [2.05, 4.69) is 0 Å². The monoisotopic (exact) mass is 836 g/mol. The summed E-state index contributed by atoms with van der Waals surface area (Å²) in [5.41, 5.74) is -16.0. The van der Waals surface area contributed by atoms with Crippen molar-refractivity contribution in [3.63, 3.8) is 0 Å². The first kappa shape index (κ1) is 51.2. The van der Waals surface area contributed by atoms with Gasteiger partial charge >= 0.3 is 36.6 Å². The fraction of sp³-hybridized carbons (Fsp3) is 0.784. The fourth-order valence-electron chi connectivity index (χ4n) is 5.22. The van der Waals surface area contributed by atoms with Crippen LogP contribution in [0.25, 0.3) is 0 Å². The van der Waals surface area contributed by atoms with Crippen molar-refractivity contribution >= 4 is 11.9 Å². The Labute approximate surface area is 318 Å². The number of rotatable bonds is 10. The largest absolute Gasteiger partial charge is 0.462 e. The van der Waals surface area contributed by atoms with Gasteiger partial charge in [-0.05, 0) is 118 Å². The Morgan fingerprint density at radius 3 is 1.29 bits per heavy atom. The number of carbonyl (C=O) groups is 2. The van der Waals surface area contributed by atoms with Crippen molar-refractivity contribution in [3.8, 4) is 5.75 Å². The van der Waals surface area contributed by atoms with Crippen LogP contribution in [0.2, 0.25) is 0 Å². The second-order valence-electron chi connectivity index (χ2n) is 16.7. The third-order valence-corrected chi connectivity index (χ3v) is 11.2. The lowest BCUT2D eigenvalue weighted by Crippen LogP contribution is -2.57. The molecular formula is C37H52F12O7. The summed E-state index contributed by atoms with van der Waals surface area (Å²) >= 11 is 0. The van der Waals surface area contributed by atoms with Crippen molar-refractivity contribution in [2.24, 2.45) is 22.7 Å². The molecule has 0 saturated heterocycles. The average molecular weight is 837 g/mol. The van der Waals surface area contributed by atoms with E-state index < -0.39 is 124 Å². The zero-order chi connectivity index (χ0) is 44.7. The van der Waals surface area contributed by atoms with Crippen LogP contribution in [0.5, 0.6) is 5.75 Å². The highest BCUT2D eigenvalue weighted by molar-refractivity contribution is 5.78. The summed E-state index contributed by atoms with van der Waals surface area (Å²) in [5, 5.41) is 29.9. The predicted octanol–water partition coefficient (Wildman–Crippen LogP) is 10.0. The molecule has 326 valence electrons. The minimum atomic E-state index is -5.15. The average Bonchev–Trinajstić information content (AvgIpc) is 3.02. The van der Waals surface area contributed by atoms with E-state index >= 15 is 0 Å². The normalized spacial score (nSPS) is 22.4. The van der Waals surface area contributed by atoms with E-state index in [-0.39, 0.29) is 0 Å². The number of hydrogen-bond donors (Lipinski definition) is 3. The van der Waals surface area contributed by atoms with Crippen molar-refractivity contribution in [2.75, 3.05) is 0 Å².